The summed E-state index contributed by atoms with van der Waals surface area (Å²) in [6, 6.07) is 8.22. The predicted octanol–water partition coefficient (Wildman–Crippen LogP) is 2.87. The van der Waals surface area contributed by atoms with Gasteiger partial charge in [0.25, 0.3) is 0 Å². The van der Waals surface area contributed by atoms with E-state index in [-0.39, 0.29) is 5.75 Å². The van der Waals surface area contributed by atoms with E-state index in [2.05, 4.69) is 19.1 Å². The van der Waals surface area contributed by atoms with Crippen LogP contribution < -0.4 is 9.88 Å². The van der Waals surface area contributed by atoms with Crippen molar-refractivity contribution in [2.45, 2.75) is 45.4 Å². The van der Waals surface area contributed by atoms with Crippen molar-refractivity contribution < 1.29 is 13.2 Å². The molecule has 0 saturated carbocycles. The van der Waals surface area contributed by atoms with E-state index >= 15 is 0 Å². The van der Waals surface area contributed by atoms with Crippen LogP contribution in [0.4, 0.5) is 0 Å². The summed E-state index contributed by atoms with van der Waals surface area (Å²) in [6.07, 6.45) is 5.65. The molecular weight excluding hydrogens is 274 g/mol. The molecule has 4 nitrogen and oxygen atoms in total. The van der Waals surface area contributed by atoms with Gasteiger partial charge in [0, 0.05) is 0 Å². The molecule has 0 aliphatic heterocycles. The fraction of sp³-hybridized carbons (Fsp3) is 0.600. The topological polar surface area (TPSA) is 69.4 Å². The number of ether oxygens (including phenoxy) is 1. The molecule has 0 unspecified atom stereocenters. The minimum absolute atomic E-state index is 0.0761. The Bertz CT molecular complexity index is 468. The zero-order valence-corrected chi connectivity index (χ0v) is 13.0. The molecular formula is C15H25NO3S. The van der Waals surface area contributed by atoms with Crippen LogP contribution in [0.1, 0.15) is 44.6 Å². The second-order valence-electron chi connectivity index (χ2n) is 5.02. The second kappa shape index (κ2) is 8.97. The van der Waals surface area contributed by atoms with Crippen molar-refractivity contribution in [1.82, 2.24) is 0 Å². The fourth-order valence-electron chi connectivity index (χ4n) is 1.99. The first-order valence-electron chi connectivity index (χ1n) is 7.23. The van der Waals surface area contributed by atoms with Gasteiger partial charge in [0.2, 0.25) is 10.0 Å². The molecule has 1 rings (SSSR count). The minimum Gasteiger partial charge on any atom is -0.494 e. The molecule has 0 fully saturated rings. The summed E-state index contributed by atoms with van der Waals surface area (Å²) in [5.41, 5.74) is 1.34. The van der Waals surface area contributed by atoms with Gasteiger partial charge in [-0.05, 0) is 37.0 Å². The van der Waals surface area contributed by atoms with Crippen LogP contribution in [0.3, 0.4) is 0 Å². The molecule has 0 bridgehead atoms. The van der Waals surface area contributed by atoms with Gasteiger partial charge in [-0.3, -0.25) is 0 Å². The minimum atomic E-state index is -3.30. The number of nitrogens with two attached hydrogens (primary N) is 1. The van der Waals surface area contributed by atoms with Gasteiger partial charge in [-0.15, -0.1) is 0 Å². The zero-order chi connectivity index (χ0) is 14.8. The Morgan fingerprint density at radius 2 is 1.70 bits per heavy atom. The van der Waals surface area contributed by atoms with Gasteiger partial charge in [0.05, 0.1) is 12.4 Å². The normalized spacial score (nSPS) is 11.5. The monoisotopic (exact) mass is 299 g/mol. The van der Waals surface area contributed by atoms with Crippen molar-refractivity contribution in [2.24, 2.45) is 5.14 Å². The maximum Gasteiger partial charge on any atom is 0.209 e. The average molecular weight is 299 g/mol. The molecule has 114 valence electrons. The molecule has 0 amide bonds. The molecule has 0 atom stereocenters. The van der Waals surface area contributed by atoms with Crippen LogP contribution in [-0.4, -0.2) is 20.8 Å². The molecule has 0 aliphatic rings. The Balaban J connectivity index is 2.09. The lowest BCUT2D eigenvalue weighted by molar-refractivity contribution is 0.305. The second-order valence-corrected chi connectivity index (χ2v) is 6.76. The zero-order valence-electron chi connectivity index (χ0n) is 12.2. The van der Waals surface area contributed by atoms with E-state index in [0.29, 0.717) is 13.0 Å². The highest BCUT2D eigenvalue weighted by Gasteiger charge is 2.01. The summed E-state index contributed by atoms with van der Waals surface area (Å²) >= 11 is 0. The largest absolute Gasteiger partial charge is 0.494 e. The first-order valence-corrected chi connectivity index (χ1v) is 8.95. The molecule has 1 aromatic rings. The Labute approximate surface area is 122 Å². The van der Waals surface area contributed by atoms with Crippen LogP contribution in [0.15, 0.2) is 24.3 Å². The van der Waals surface area contributed by atoms with E-state index in [1.54, 1.807) is 0 Å². The molecule has 0 spiro atoms. The Kier molecular flexibility index (Phi) is 7.62. The van der Waals surface area contributed by atoms with Crippen LogP contribution in [0.5, 0.6) is 5.75 Å². The standard InChI is InChI=1S/C15H25NO3S/c1-2-7-14-8-10-15(11-9-14)19-12-5-3-4-6-13-20(16,17)18/h8-11H,2-7,12-13H2,1H3,(H2,16,17,18). The third kappa shape index (κ3) is 8.17. The first kappa shape index (κ1) is 17.0. The molecule has 2 N–H and O–H groups in total. The van der Waals surface area contributed by atoms with Gasteiger partial charge in [-0.1, -0.05) is 38.3 Å². The maximum absolute atomic E-state index is 10.7. The van der Waals surface area contributed by atoms with Gasteiger partial charge >= 0.3 is 0 Å². The molecule has 0 heterocycles. The SMILES string of the molecule is CCCc1ccc(OCCCCCCS(N)(=O)=O)cc1. The van der Waals surface area contributed by atoms with E-state index in [0.717, 1.165) is 37.9 Å². The summed E-state index contributed by atoms with van der Waals surface area (Å²) in [6.45, 7) is 2.84. The van der Waals surface area contributed by atoms with Crippen LogP contribution in [0.2, 0.25) is 0 Å². The highest BCUT2D eigenvalue weighted by molar-refractivity contribution is 7.89. The fourth-order valence-corrected chi connectivity index (χ4v) is 2.60. The van der Waals surface area contributed by atoms with Crippen molar-refractivity contribution in [1.29, 1.82) is 0 Å². The lowest BCUT2D eigenvalue weighted by Crippen LogP contribution is -2.16. The molecule has 0 aliphatic carbocycles. The Morgan fingerprint density at radius 3 is 2.30 bits per heavy atom. The Morgan fingerprint density at radius 1 is 1.05 bits per heavy atom. The summed E-state index contributed by atoms with van der Waals surface area (Å²) < 4.78 is 27.1. The third-order valence-corrected chi connectivity index (χ3v) is 3.91. The number of hydrogen-bond donors (Lipinski definition) is 1. The van der Waals surface area contributed by atoms with Crippen molar-refractivity contribution in [3.63, 3.8) is 0 Å². The third-order valence-electron chi connectivity index (χ3n) is 3.05. The highest BCUT2D eigenvalue weighted by atomic mass is 32.2. The van der Waals surface area contributed by atoms with Gasteiger partial charge in [-0.2, -0.15) is 0 Å². The maximum atomic E-state index is 10.7. The quantitative estimate of drug-likeness (QED) is 0.675. The van der Waals surface area contributed by atoms with Crippen molar-refractivity contribution >= 4 is 10.0 Å². The van der Waals surface area contributed by atoms with Gasteiger partial charge < -0.3 is 4.74 Å². The summed E-state index contributed by atoms with van der Waals surface area (Å²) in [7, 11) is -3.30. The molecule has 0 aromatic heterocycles. The van der Waals surface area contributed by atoms with Gasteiger partial charge in [-0.25, -0.2) is 13.6 Å². The molecule has 5 heteroatoms. The van der Waals surface area contributed by atoms with Crippen LogP contribution in [-0.2, 0) is 16.4 Å². The molecule has 0 radical (unpaired) electrons. The van der Waals surface area contributed by atoms with E-state index in [4.69, 9.17) is 9.88 Å². The summed E-state index contributed by atoms with van der Waals surface area (Å²) in [5.74, 6) is 0.974. The highest BCUT2D eigenvalue weighted by Crippen LogP contribution is 2.14. The molecule has 20 heavy (non-hydrogen) atoms. The predicted molar refractivity (Wildman–Crippen MR) is 82.4 cm³/mol. The first-order chi connectivity index (χ1) is 9.51. The smallest absolute Gasteiger partial charge is 0.209 e. The number of unbranched alkanes of at least 4 members (excludes halogenated alkanes) is 3. The summed E-state index contributed by atoms with van der Waals surface area (Å²) in [5, 5.41) is 4.93. The number of benzene rings is 1. The molecule has 1 aromatic carbocycles. The Hall–Kier alpha value is -1.07. The van der Waals surface area contributed by atoms with E-state index < -0.39 is 10.0 Å². The van der Waals surface area contributed by atoms with Crippen molar-refractivity contribution in [3.05, 3.63) is 29.8 Å². The number of sulfonamides is 1. The number of aryl methyl sites for hydroxylation is 1. The van der Waals surface area contributed by atoms with E-state index in [1.807, 2.05) is 12.1 Å². The van der Waals surface area contributed by atoms with Crippen LogP contribution in [0, 0.1) is 0 Å². The van der Waals surface area contributed by atoms with E-state index in [9.17, 15) is 8.42 Å². The van der Waals surface area contributed by atoms with Crippen molar-refractivity contribution in [2.75, 3.05) is 12.4 Å². The van der Waals surface area contributed by atoms with Crippen molar-refractivity contribution in [3.8, 4) is 5.75 Å². The van der Waals surface area contributed by atoms with Gasteiger partial charge in [0.15, 0.2) is 0 Å². The average Bonchev–Trinajstić information content (AvgIpc) is 2.38. The summed E-state index contributed by atoms with van der Waals surface area (Å²) in [4.78, 5) is 0. The number of hydrogen-bond acceptors (Lipinski definition) is 3. The van der Waals surface area contributed by atoms with Gasteiger partial charge in [0.1, 0.15) is 5.75 Å². The van der Waals surface area contributed by atoms with Crippen LogP contribution in [0.25, 0.3) is 0 Å². The molecule has 0 saturated heterocycles. The number of primary sulfonamides is 1. The van der Waals surface area contributed by atoms with E-state index in [1.165, 1.54) is 5.56 Å². The lowest BCUT2D eigenvalue weighted by atomic mass is 10.1. The lowest BCUT2D eigenvalue weighted by Gasteiger charge is -2.07. The van der Waals surface area contributed by atoms with Crippen LogP contribution >= 0.6 is 0 Å². The number of rotatable bonds is 10.